The zero-order valence-corrected chi connectivity index (χ0v) is 12.4. The molecular formula is C14H20N4O3. The summed E-state index contributed by atoms with van der Waals surface area (Å²) in [5.74, 6) is -0.309. The SMILES string of the molecule is CN(Cc1cn(C)c(=O)n(C)c1=O)C(=O)C1C=CC(N)C1. The Hall–Kier alpha value is -2.15. The third kappa shape index (κ3) is 2.97. The summed E-state index contributed by atoms with van der Waals surface area (Å²) < 4.78 is 2.37. The van der Waals surface area contributed by atoms with E-state index < -0.39 is 0 Å². The highest BCUT2D eigenvalue weighted by atomic mass is 16.2. The van der Waals surface area contributed by atoms with Crippen LogP contribution < -0.4 is 17.0 Å². The Balaban J connectivity index is 2.19. The Morgan fingerprint density at radius 3 is 2.62 bits per heavy atom. The molecule has 1 aromatic rings. The van der Waals surface area contributed by atoms with Gasteiger partial charge in [-0.1, -0.05) is 12.2 Å². The minimum Gasteiger partial charge on any atom is -0.341 e. The Bertz CT molecular complexity index is 701. The van der Waals surface area contributed by atoms with Crippen molar-refractivity contribution >= 4 is 5.91 Å². The van der Waals surface area contributed by atoms with Crippen LogP contribution in [0.2, 0.25) is 0 Å². The van der Waals surface area contributed by atoms with Gasteiger partial charge in [-0.15, -0.1) is 0 Å². The van der Waals surface area contributed by atoms with Crippen LogP contribution in [0.25, 0.3) is 0 Å². The number of nitrogens with two attached hydrogens (primary N) is 1. The number of carbonyl (C=O) groups excluding carboxylic acids is 1. The predicted octanol–water partition coefficient (Wildman–Crippen LogP) is -1.05. The first-order chi connectivity index (χ1) is 9.81. The van der Waals surface area contributed by atoms with Crippen molar-refractivity contribution < 1.29 is 4.79 Å². The van der Waals surface area contributed by atoms with E-state index in [0.29, 0.717) is 12.0 Å². The molecule has 0 saturated heterocycles. The van der Waals surface area contributed by atoms with E-state index in [1.165, 1.54) is 22.7 Å². The highest BCUT2D eigenvalue weighted by molar-refractivity contribution is 5.81. The topological polar surface area (TPSA) is 90.3 Å². The third-order valence-corrected chi connectivity index (χ3v) is 3.74. The monoisotopic (exact) mass is 292 g/mol. The van der Waals surface area contributed by atoms with Crippen molar-refractivity contribution in [3.63, 3.8) is 0 Å². The van der Waals surface area contributed by atoms with Crippen LogP contribution in [-0.2, 0) is 25.4 Å². The van der Waals surface area contributed by atoms with E-state index in [4.69, 9.17) is 5.73 Å². The molecule has 0 spiro atoms. The van der Waals surface area contributed by atoms with Crippen LogP contribution in [-0.4, -0.2) is 33.0 Å². The van der Waals surface area contributed by atoms with E-state index in [2.05, 4.69) is 0 Å². The first-order valence-corrected chi connectivity index (χ1v) is 6.75. The molecule has 2 N–H and O–H groups in total. The van der Waals surface area contributed by atoms with Crippen molar-refractivity contribution in [3.05, 3.63) is 44.8 Å². The standard InChI is InChI=1S/C14H20N4O3/c1-16(12(19)9-4-5-11(15)6-9)7-10-8-17(2)14(21)18(3)13(10)20/h4-5,8-9,11H,6-7,15H2,1-3H3. The minimum absolute atomic E-state index is 0.0740. The Morgan fingerprint density at radius 2 is 2.05 bits per heavy atom. The molecule has 2 rings (SSSR count). The molecule has 0 bridgehead atoms. The van der Waals surface area contributed by atoms with Gasteiger partial charge in [-0.05, 0) is 6.42 Å². The summed E-state index contributed by atoms with van der Waals surface area (Å²) in [5, 5.41) is 0. The summed E-state index contributed by atoms with van der Waals surface area (Å²) in [4.78, 5) is 37.5. The van der Waals surface area contributed by atoms with Gasteiger partial charge in [0.25, 0.3) is 5.56 Å². The summed E-state index contributed by atoms with van der Waals surface area (Å²) >= 11 is 0. The number of rotatable bonds is 3. The summed E-state index contributed by atoms with van der Waals surface area (Å²) in [5.41, 5.74) is 5.39. The van der Waals surface area contributed by atoms with E-state index in [0.717, 1.165) is 4.57 Å². The molecule has 1 amide bonds. The number of hydrogen-bond donors (Lipinski definition) is 1. The van der Waals surface area contributed by atoms with Gasteiger partial charge in [-0.3, -0.25) is 14.2 Å². The van der Waals surface area contributed by atoms with E-state index in [9.17, 15) is 14.4 Å². The van der Waals surface area contributed by atoms with Gasteiger partial charge in [0.2, 0.25) is 5.91 Å². The van der Waals surface area contributed by atoms with Gasteiger partial charge < -0.3 is 15.2 Å². The Morgan fingerprint density at radius 1 is 1.38 bits per heavy atom. The zero-order valence-electron chi connectivity index (χ0n) is 12.4. The summed E-state index contributed by atoms with van der Waals surface area (Å²) in [6, 6.07) is -0.0854. The van der Waals surface area contributed by atoms with Crippen molar-refractivity contribution in [2.45, 2.75) is 19.0 Å². The third-order valence-electron chi connectivity index (χ3n) is 3.74. The van der Waals surface area contributed by atoms with Crippen molar-refractivity contribution in [1.82, 2.24) is 14.0 Å². The lowest BCUT2D eigenvalue weighted by atomic mass is 10.1. The molecule has 1 aliphatic carbocycles. The quantitative estimate of drug-likeness (QED) is 0.719. The molecule has 7 nitrogen and oxygen atoms in total. The molecule has 0 fully saturated rings. The van der Waals surface area contributed by atoms with Crippen LogP contribution in [0.4, 0.5) is 0 Å². The van der Waals surface area contributed by atoms with Crippen LogP contribution in [0, 0.1) is 5.92 Å². The maximum atomic E-state index is 12.3. The van der Waals surface area contributed by atoms with Gasteiger partial charge in [0.15, 0.2) is 0 Å². The average molecular weight is 292 g/mol. The van der Waals surface area contributed by atoms with E-state index >= 15 is 0 Å². The normalized spacial score (nSPS) is 20.8. The molecule has 21 heavy (non-hydrogen) atoms. The molecule has 1 aromatic heterocycles. The second-order valence-electron chi connectivity index (χ2n) is 5.50. The molecule has 0 saturated carbocycles. The molecule has 2 unspecified atom stereocenters. The van der Waals surface area contributed by atoms with Crippen molar-refractivity contribution in [2.24, 2.45) is 25.7 Å². The van der Waals surface area contributed by atoms with Crippen LogP contribution in [0.3, 0.4) is 0 Å². The lowest BCUT2D eigenvalue weighted by molar-refractivity contribution is -0.133. The van der Waals surface area contributed by atoms with Gasteiger partial charge in [0.05, 0.1) is 18.0 Å². The number of nitrogens with zero attached hydrogens (tertiary/aromatic N) is 3. The van der Waals surface area contributed by atoms with Crippen molar-refractivity contribution in [2.75, 3.05) is 7.05 Å². The number of hydrogen-bond acceptors (Lipinski definition) is 4. The molecule has 0 aliphatic heterocycles. The molecule has 0 aromatic carbocycles. The van der Waals surface area contributed by atoms with Crippen LogP contribution >= 0.6 is 0 Å². The summed E-state index contributed by atoms with van der Waals surface area (Å²) in [6.45, 7) is 0.166. The van der Waals surface area contributed by atoms with Gasteiger partial charge >= 0.3 is 5.69 Å². The maximum absolute atomic E-state index is 12.3. The molecular weight excluding hydrogens is 272 g/mol. The minimum atomic E-state index is -0.387. The first kappa shape index (κ1) is 15.2. The largest absolute Gasteiger partial charge is 0.341 e. The van der Waals surface area contributed by atoms with Crippen molar-refractivity contribution in [3.8, 4) is 0 Å². The van der Waals surface area contributed by atoms with Gasteiger partial charge in [-0.25, -0.2) is 4.79 Å². The number of carbonyl (C=O) groups is 1. The predicted molar refractivity (Wildman–Crippen MR) is 78.6 cm³/mol. The van der Waals surface area contributed by atoms with E-state index in [1.54, 1.807) is 14.1 Å². The number of amides is 1. The smallest absolute Gasteiger partial charge is 0.330 e. The number of aromatic nitrogens is 2. The number of aryl methyl sites for hydroxylation is 1. The molecule has 114 valence electrons. The molecule has 1 aliphatic rings. The fourth-order valence-corrected chi connectivity index (χ4v) is 2.52. The second kappa shape index (κ2) is 5.69. The Labute approximate surface area is 122 Å². The van der Waals surface area contributed by atoms with Crippen LogP contribution in [0.1, 0.15) is 12.0 Å². The van der Waals surface area contributed by atoms with Gasteiger partial charge in [0, 0.05) is 33.4 Å². The van der Waals surface area contributed by atoms with Crippen molar-refractivity contribution in [1.29, 1.82) is 0 Å². The average Bonchev–Trinajstić information content (AvgIpc) is 2.88. The fraction of sp³-hybridized carbons (Fsp3) is 0.500. The highest BCUT2D eigenvalue weighted by Gasteiger charge is 2.25. The fourth-order valence-electron chi connectivity index (χ4n) is 2.52. The van der Waals surface area contributed by atoms with Gasteiger partial charge in [0.1, 0.15) is 0 Å². The van der Waals surface area contributed by atoms with Crippen LogP contribution in [0.15, 0.2) is 27.9 Å². The van der Waals surface area contributed by atoms with Crippen LogP contribution in [0.5, 0.6) is 0 Å². The zero-order chi connectivity index (χ0) is 15.7. The lowest BCUT2D eigenvalue weighted by Crippen LogP contribution is -2.41. The maximum Gasteiger partial charge on any atom is 0.330 e. The molecule has 0 radical (unpaired) electrons. The van der Waals surface area contributed by atoms with Gasteiger partial charge in [-0.2, -0.15) is 0 Å². The first-order valence-electron chi connectivity index (χ1n) is 6.75. The molecule has 1 heterocycles. The molecule has 2 atom stereocenters. The Kier molecular flexibility index (Phi) is 4.13. The van der Waals surface area contributed by atoms with E-state index in [1.807, 2.05) is 12.2 Å². The second-order valence-corrected chi connectivity index (χ2v) is 5.50. The summed E-state index contributed by atoms with van der Waals surface area (Å²) in [7, 11) is 4.64. The van der Waals surface area contributed by atoms with E-state index in [-0.39, 0.29) is 35.7 Å². The highest BCUT2D eigenvalue weighted by Crippen LogP contribution is 2.19. The lowest BCUT2D eigenvalue weighted by Gasteiger charge is -2.21. The molecule has 7 heteroatoms. The summed E-state index contributed by atoms with van der Waals surface area (Å²) in [6.07, 6.45) is 5.70.